The molecule has 0 spiro atoms. The van der Waals surface area contributed by atoms with Gasteiger partial charge in [-0.05, 0) is 24.1 Å². The number of rotatable bonds is 10. The third-order valence-electron chi connectivity index (χ3n) is 3.55. The summed E-state index contributed by atoms with van der Waals surface area (Å²) in [4.78, 5) is 14.3. The first-order valence-corrected chi connectivity index (χ1v) is 7.83. The van der Waals surface area contributed by atoms with Crippen LogP contribution in [0.2, 0.25) is 0 Å². The maximum atomic E-state index is 12.4. The quantitative estimate of drug-likeness (QED) is 0.682. The van der Waals surface area contributed by atoms with Gasteiger partial charge in [0.1, 0.15) is 5.76 Å². The number of furan rings is 1. The maximum absolute atomic E-state index is 12.4. The molecule has 2 aromatic rings. The summed E-state index contributed by atoms with van der Waals surface area (Å²) in [6.45, 7) is 2.71. The van der Waals surface area contributed by atoms with Gasteiger partial charge in [-0.3, -0.25) is 4.79 Å². The van der Waals surface area contributed by atoms with E-state index in [-0.39, 0.29) is 5.91 Å². The highest BCUT2D eigenvalue weighted by atomic mass is 16.5. The number of hydrogen-bond acceptors (Lipinski definition) is 4. The van der Waals surface area contributed by atoms with E-state index in [0.29, 0.717) is 32.8 Å². The number of ether oxygens (including phenoxy) is 1. The van der Waals surface area contributed by atoms with E-state index in [0.717, 1.165) is 12.2 Å². The molecule has 0 radical (unpaired) electrons. The van der Waals surface area contributed by atoms with Crippen molar-refractivity contribution < 1.29 is 13.9 Å². The third-order valence-corrected chi connectivity index (χ3v) is 3.55. The summed E-state index contributed by atoms with van der Waals surface area (Å²) in [6.07, 6.45) is 2.46. The Morgan fingerprint density at radius 1 is 1.22 bits per heavy atom. The Morgan fingerprint density at radius 2 is 2.04 bits per heavy atom. The Bertz CT molecular complexity index is 555. The Labute approximate surface area is 137 Å². The minimum absolute atomic E-state index is 0.0634. The lowest BCUT2D eigenvalue weighted by Gasteiger charge is -2.22. The standard InChI is InChI=1S/C18H24N2O3/c1-22-13-10-19-14-18(21)20(15-17-8-5-12-23-17)11-9-16-6-3-2-4-7-16/h2-8,12,19H,9-11,13-15H2,1H3. The van der Waals surface area contributed by atoms with E-state index < -0.39 is 0 Å². The van der Waals surface area contributed by atoms with Gasteiger partial charge >= 0.3 is 0 Å². The molecule has 2 rings (SSSR count). The molecule has 0 aliphatic rings. The average Bonchev–Trinajstić information content (AvgIpc) is 3.09. The molecule has 1 heterocycles. The van der Waals surface area contributed by atoms with Crippen LogP contribution in [0.5, 0.6) is 0 Å². The van der Waals surface area contributed by atoms with Gasteiger partial charge in [0.15, 0.2) is 0 Å². The van der Waals surface area contributed by atoms with Gasteiger partial charge in [-0.1, -0.05) is 30.3 Å². The highest BCUT2D eigenvalue weighted by Crippen LogP contribution is 2.08. The van der Waals surface area contributed by atoms with Crippen molar-refractivity contribution >= 4 is 5.91 Å². The van der Waals surface area contributed by atoms with Crippen LogP contribution in [0.4, 0.5) is 0 Å². The molecule has 1 aromatic heterocycles. The molecule has 0 aliphatic heterocycles. The van der Waals surface area contributed by atoms with E-state index >= 15 is 0 Å². The maximum Gasteiger partial charge on any atom is 0.236 e. The smallest absolute Gasteiger partial charge is 0.236 e. The Kier molecular flexibility index (Phi) is 7.36. The van der Waals surface area contributed by atoms with Crippen molar-refractivity contribution in [3.05, 3.63) is 60.1 Å². The summed E-state index contributed by atoms with van der Waals surface area (Å²) in [6, 6.07) is 13.9. The van der Waals surface area contributed by atoms with Crippen LogP contribution in [-0.2, 0) is 22.5 Å². The number of amides is 1. The van der Waals surface area contributed by atoms with Crippen LogP contribution >= 0.6 is 0 Å². The van der Waals surface area contributed by atoms with E-state index in [2.05, 4.69) is 17.4 Å². The number of carbonyl (C=O) groups excluding carboxylic acids is 1. The molecule has 0 unspecified atom stereocenters. The Balaban J connectivity index is 1.89. The second kappa shape index (κ2) is 9.82. The predicted molar refractivity (Wildman–Crippen MR) is 89.0 cm³/mol. The molecular formula is C18H24N2O3. The van der Waals surface area contributed by atoms with Gasteiger partial charge in [0.25, 0.3) is 0 Å². The molecule has 0 aliphatic carbocycles. The second-order valence-electron chi connectivity index (χ2n) is 5.30. The van der Waals surface area contributed by atoms with Crippen LogP contribution in [0.1, 0.15) is 11.3 Å². The molecule has 0 fully saturated rings. The SMILES string of the molecule is COCCNCC(=O)N(CCc1ccccc1)Cc1ccco1. The molecule has 5 nitrogen and oxygen atoms in total. The fraction of sp³-hybridized carbons (Fsp3) is 0.389. The lowest BCUT2D eigenvalue weighted by Crippen LogP contribution is -2.39. The first-order valence-electron chi connectivity index (χ1n) is 7.83. The molecular weight excluding hydrogens is 292 g/mol. The number of nitrogens with one attached hydrogen (secondary N) is 1. The van der Waals surface area contributed by atoms with Gasteiger partial charge in [-0.15, -0.1) is 0 Å². The normalized spacial score (nSPS) is 10.7. The molecule has 5 heteroatoms. The summed E-state index contributed by atoms with van der Waals surface area (Å²) in [5, 5.41) is 3.10. The van der Waals surface area contributed by atoms with Crippen LogP contribution in [0, 0.1) is 0 Å². The number of carbonyl (C=O) groups is 1. The summed E-state index contributed by atoms with van der Waals surface area (Å²) in [7, 11) is 1.65. The molecule has 1 N–H and O–H groups in total. The topological polar surface area (TPSA) is 54.7 Å². The van der Waals surface area contributed by atoms with Crippen LogP contribution in [0.3, 0.4) is 0 Å². The van der Waals surface area contributed by atoms with E-state index in [1.54, 1.807) is 13.4 Å². The minimum Gasteiger partial charge on any atom is -0.467 e. The average molecular weight is 316 g/mol. The van der Waals surface area contributed by atoms with Gasteiger partial charge < -0.3 is 19.4 Å². The molecule has 0 saturated carbocycles. The molecule has 1 amide bonds. The number of nitrogens with zero attached hydrogens (tertiary/aromatic N) is 1. The lowest BCUT2D eigenvalue weighted by atomic mass is 10.1. The molecule has 23 heavy (non-hydrogen) atoms. The second-order valence-corrected chi connectivity index (χ2v) is 5.30. The number of benzene rings is 1. The van der Waals surface area contributed by atoms with Gasteiger partial charge in [0.05, 0.1) is 26.0 Å². The van der Waals surface area contributed by atoms with Crippen molar-refractivity contribution in [3.8, 4) is 0 Å². The van der Waals surface area contributed by atoms with Crippen molar-refractivity contribution in [1.29, 1.82) is 0 Å². The molecule has 124 valence electrons. The number of hydrogen-bond donors (Lipinski definition) is 1. The highest BCUT2D eigenvalue weighted by Gasteiger charge is 2.15. The molecule has 0 bridgehead atoms. The van der Waals surface area contributed by atoms with Gasteiger partial charge in [0.2, 0.25) is 5.91 Å². The number of methoxy groups -OCH3 is 1. The van der Waals surface area contributed by atoms with Crippen molar-refractivity contribution in [2.45, 2.75) is 13.0 Å². The van der Waals surface area contributed by atoms with Crippen LogP contribution in [0.15, 0.2) is 53.1 Å². The monoisotopic (exact) mass is 316 g/mol. The summed E-state index contributed by atoms with van der Waals surface area (Å²) in [5.74, 6) is 0.858. The van der Waals surface area contributed by atoms with Crippen LogP contribution in [-0.4, -0.2) is 44.2 Å². The van der Waals surface area contributed by atoms with Crippen molar-refractivity contribution in [2.24, 2.45) is 0 Å². The van der Waals surface area contributed by atoms with Crippen molar-refractivity contribution in [1.82, 2.24) is 10.2 Å². The molecule has 0 saturated heterocycles. The predicted octanol–water partition coefficient (Wildman–Crippen LogP) is 2.09. The van der Waals surface area contributed by atoms with Crippen LogP contribution < -0.4 is 5.32 Å². The zero-order chi connectivity index (χ0) is 16.3. The van der Waals surface area contributed by atoms with E-state index in [1.165, 1.54) is 5.56 Å². The fourth-order valence-electron chi connectivity index (χ4n) is 2.27. The fourth-order valence-corrected chi connectivity index (χ4v) is 2.27. The first-order chi connectivity index (χ1) is 11.3. The van der Waals surface area contributed by atoms with Crippen LogP contribution in [0.25, 0.3) is 0 Å². The van der Waals surface area contributed by atoms with E-state index in [1.807, 2.05) is 35.2 Å². The van der Waals surface area contributed by atoms with Gasteiger partial charge in [-0.2, -0.15) is 0 Å². The van der Waals surface area contributed by atoms with Gasteiger partial charge in [0, 0.05) is 20.2 Å². The van der Waals surface area contributed by atoms with Crippen molar-refractivity contribution in [2.75, 3.05) is 33.4 Å². The zero-order valence-corrected chi connectivity index (χ0v) is 13.5. The summed E-state index contributed by atoms with van der Waals surface area (Å²) < 4.78 is 10.3. The van der Waals surface area contributed by atoms with Crippen molar-refractivity contribution in [3.63, 3.8) is 0 Å². The highest BCUT2D eigenvalue weighted by molar-refractivity contribution is 5.78. The molecule has 0 atom stereocenters. The van der Waals surface area contributed by atoms with E-state index in [4.69, 9.17) is 9.15 Å². The Morgan fingerprint density at radius 3 is 2.74 bits per heavy atom. The minimum atomic E-state index is 0.0634. The zero-order valence-electron chi connectivity index (χ0n) is 13.5. The molecule has 1 aromatic carbocycles. The lowest BCUT2D eigenvalue weighted by molar-refractivity contribution is -0.131. The summed E-state index contributed by atoms with van der Waals surface area (Å²) in [5.41, 5.74) is 1.22. The third kappa shape index (κ3) is 6.26. The Hall–Kier alpha value is -2.11. The van der Waals surface area contributed by atoms with E-state index in [9.17, 15) is 4.79 Å². The first kappa shape index (κ1) is 17.2. The largest absolute Gasteiger partial charge is 0.467 e. The summed E-state index contributed by atoms with van der Waals surface area (Å²) >= 11 is 0. The van der Waals surface area contributed by atoms with Gasteiger partial charge in [-0.25, -0.2) is 0 Å².